The average Bonchev–Trinajstić information content (AvgIpc) is 3.23. The standard InChI is InChI=1S/C22H27N5O2.HI/c1-23-22(26(2)16-17-7-5-6-8-21(17)29-4)24-15-18-13-14-27(25-18)19-9-11-20(28-3)12-10-19;/h5-14H,15-16H2,1-4H3,(H,23,24);1H. The van der Waals surface area contributed by atoms with Crippen LogP contribution in [-0.4, -0.2) is 49.0 Å². The van der Waals surface area contributed by atoms with Crippen LogP contribution in [-0.2, 0) is 13.1 Å². The molecule has 8 heteroatoms. The van der Waals surface area contributed by atoms with E-state index < -0.39 is 0 Å². The Morgan fingerprint density at radius 3 is 2.47 bits per heavy atom. The number of nitrogens with one attached hydrogen (secondary N) is 1. The third-order valence-corrected chi connectivity index (χ3v) is 4.58. The number of aliphatic imine (C=N–C) groups is 1. The highest BCUT2D eigenvalue weighted by Gasteiger charge is 2.10. The molecule has 2 aromatic carbocycles. The van der Waals surface area contributed by atoms with Gasteiger partial charge >= 0.3 is 0 Å². The fourth-order valence-corrected chi connectivity index (χ4v) is 3.05. The maximum absolute atomic E-state index is 5.44. The van der Waals surface area contributed by atoms with E-state index in [1.165, 1.54) is 0 Å². The van der Waals surface area contributed by atoms with Gasteiger partial charge in [0.05, 0.1) is 32.1 Å². The Morgan fingerprint density at radius 1 is 1.07 bits per heavy atom. The Balaban J connectivity index is 0.00000320. The average molecular weight is 521 g/mol. The van der Waals surface area contributed by atoms with Crippen LogP contribution in [0.5, 0.6) is 11.5 Å². The Morgan fingerprint density at radius 2 is 1.80 bits per heavy atom. The molecule has 0 bridgehead atoms. The summed E-state index contributed by atoms with van der Waals surface area (Å²) in [6.45, 7) is 1.26. The molecule has 0 amide bonds. The number of rotatable bonds is 7. The van der Waals surface area contributed by atoms with Gasteiger partial charge in [0.1, 0.15) is 11.5 Å². The number of hydrogen-bond donors (Lipinski definition) is 1. The zero-order chi connectivity index (χ0) is 20.6. The molecular weight excluding hydrogens is 493 g/mol. The van der Waals surface area contributed by atoms with Gasteiger partial charge in [-0.25, -0.2) is 4.68 Å². The number of aromatic nitrogens is 2. The minimum atomic E-state index is 0. The fourth-order valence-electron chi connectivity index (χ4n) is 3.05. The molecule has 1 N–H and O–H groups in total. The van der Waals surface area contributed by atoms with E-state index >= 15 is 0 Å². The molecule has 0 aliphatic heterocycles. The van der Waals surface area contributed by atoms with Gasteiger partial charge in [0.25, 0.3) is 0 Å². The predicted molar refractivity (Wildman–Crippen MR) is 130 cm³/mol. The van der Waals surface area contributed by atoms with Crippen LogP contribution in [0.1, 0.15) is 11.3 Å². The van der Waals surface area contributed by atoms with Crippen LogP contribution in [0.4, 0.5) is 0 Å². The topological polar surface area (TPSA) is 63.9 Å². The largest absolute Gasteiger partial charge is 0.497 e. The molecule has 0 fully saturated rings. The van der Waals surface area contributed by atoms with Gasteiger partial charge in [-0.2, -0.15) is 5.10 Å². The molecule has 0 radical (unpaired) electrons. The second-order valence-electron chi connectivity index (χ2n) is 6.52. The van der Waals surface area contributed by atoms with Crippen molar-refractivity contribution in [2.45, 2.75) is 13.1 Å². The molecule has 160 valence electrons. The van der Waals surface area contributed by atoms with Gasteiger partial charge in [0.15, 0.2) is 5.96 Å². The normalized spacial score (nSPS) is 10.9. The number of guanidine groups is 1. The smallest absolute Gasteiger partial charge is 0.194 e. The van der Waals surface area contributed by atoms with Crippen molar-refractivity contribution >= 4 is 29.9 Å². The summed E-state index contributed by atoms with van der Waals surface area (Å²) < 4.78 is 12.5. The molecule has 0 atom stereocenters. The summed E-state index contributed by atoms with van der Waals surface area (Å²) in [5.74, 6) is 2.48. The summed E-state index contributed by atoms with van der Waals surface area (Å²) in [7, 11) is 7.12. The molecule has 3 rings (SSSR count). The molecule has 0 aliphatic rings. The second kappa shape index (κ2) is 11.4. The number of nitrogens with zero attached hydrogens (tertiary/aromatic N) is 4. The third kappa shape index (κ3) is 5.88. The van der Waals surface area contributed by atoms with Crippen LogP contribution in [0.3, 0.4) is 0 Å². The van der Waals surface area contributed by atoms with Crippen molar-refractivity contribution in [3.8, 4) is 17.2 Å². The van der Waals surface area contributed by atoms with E-state index in [0.29, 0.717) is 13.1 Å². The highest BCUT2D eigenvalue weighted by Crippen LogP contribution is 2.19. The SMILES string of the molecule is CN=C(NCc1ccn(-c2ccc(OC)cc2)n1)N(C)Cc1ccccc1OC.I. The van der Waals surface area contributed by atoms with Crippen molar-refractivity contribution in [3.05, 3.63) is 72.1 Å². The van der Waals surface area contributed by atoms with Crippen LogP contribution < -0.4 is 14.8 Å². The zero-order valence-electron chi connectivity index (χ0n) is 17.7. The first-order valence-corrected chi connectivity index (χ1v) is 9.37. The first kappa shape index (κ1) is 23.5. The van der Waals surface area contributed by atoms with E-state index in [-0.39, 0.29) is 24.0 Å². The Kier molecular flexibility index (Phi) is 8.97. The van der Waals surface area contributed by atoms with E-state index in [4.69, 9.17) is 9.47 Å². The first-order valence-electron chi connectivity index (χ1n) is 9.37. The van der Waals surface area contributed by atoms with Crippen LogP contribution in [0.25, 0.3) is 5.69 Å². The van der Waals surface area contributed by atoms with E-state index in [2.05, 4.69) is 26.4 Å². The summed E-state index contributed by atoms with van der Waals surface area (Å²) in [6, 6.07) is 17.8. The molecule has 0 aliphatic carbocycles. The van der Waals surface area contributed by atoms with Gasteiger partial charge in [-0.15, -0.1) is 24.0 Å². The van der Waals surface area contributed by atoms with Gasteiger partial charge in [-0.1, -0.05) is 18.2 Å². The van der Waals surface area contributed by atoms with Gasteiger partial charge in [-0.05, 0) is 36.4 Å². The predicted octanol–water partition coefficient (Wildman–Crippen LogP) is 3.71. The number of hydrogen-bond acceptors (Lipinski definition) is 4. The lowest BCUT2D eigenvalue weighted by atomic mass is 10.2. The van der Waals surface area contributed by atoms with Gasteiger partial charge in [0.2, 0.25) is 0 Å². The van der Waals surface area contributed by atoms with Crippen LogP contribution in [0, 0.1) is 0 Å². The number of benzene rings is 2. The lowest BCUT2D eigenvalue weighted by Crippen LogP contribution is -2.38. The van der Waals surface area contributed by atoms with Crippen LogP contribution in [0.2, 0.25) is 0 Å². The lowest BCUT2D eigenvalue weighted by molar-refractivity contribution is 0.396. The van der Waals surface area contributed by atoms with E-state index in [1.54, 1.807) is 21.3 Å². The third-order valence-electron chi connectivity index (χ3n) is 4.58. The lowest BCUT2D eigenvalue weighted by Gasteiger charge is -2.22. The number of para-hydroxylation sites is 1. The number of halogens is 1. The van der Waals surface area contributed by atoms with E-state index in [9.17, 15) is 0 Å². The van der Waals surface area contributed by atoms with Crippen molar-refractivity contribution < 1.29 is 9.47 Å². The molecule has 0 saturated heterocycles. The zero-order valence-corrected chi connectivity index (χ0v) is 20.0. The summed E-state index contributed by atoms with van der Waals surface area (Å²) in [5.41, 5.74) is 3.01. The minimum Gasteiger partial charge on any atom is -0.497 e. The van der Waals surface area contributed by atoms with Crippen LogP contribution in [0.15, 0.2) is 65.8 Å². The summed E-state index contributed by atoms with van der Waals surface area (Å²) in [4.78, 5) is 6.43. The van der Waals surface area contributed by atoms with Gasteiger partial charge in [-0.3, -0.25) is 4.99 Å². The van der Waals surface area contributed by atoms with Crippen molar-refractivity contribution in [2.24, 2.45) is 4.99 Å². The molecular formula is C22H28IN5O2. The fraction of sp³-hybridized carbons (Fsp3) is 0.273. The summed E-state index contributed by atoms with van der Waals surface area (Å²) in [5, 5.41) is 8.00. The minimum absolute atomic E-state index is 0. The number of ether oxygens (including phenoxy) is 2. The molecule has 7 nitrogen and oxygen atoms in total. The summed E-state index contributed by atoms with van der Waals surface area (Å²) in [6.07, 6.45) is 1.94. The van der Waals surface area contributed by atoms with Gasteiger partial charge < -0.3 is 19.7 Å². The Hall–Kier alpha value is -2.75. The Bertz CT molecular complexity index is 956. The molecule has 1 aromatic heterocycles. The molecule has 0 spiro atoms. The highest BCUT2D eigenvalue weighted by molar-refractivity contribution is 14.0. The quantitative estimate of drug-likeness (QED) is 0.292. The molecule has 30 heavy (non-hydrogen) atoms. The van der Waals surface area contributed by atoms with Crippen molar-refractivity contribution in [2.75, 3.05) is 28.3 Å². The second-order valence-corrected chi connectivity index (χ2v) is 6.52. The van der Waals surface area contributed by atoms with Gasteiger partial charge in [0, 0.05) is 32.4 Å². The van der Waals surface area contributed by atoms with Crippen molar-refractivity contribution in [3.63, 3.8) is 0 Å². The van der Waals surface area contributed by atoms with Crippen molar-refractivity contribution in [1.82, 2.24) is 20.0 Å². The molecule has 1 heterocycles. The van der Waals surface area contributed by atoms with Crippen molar-refractivity contribution in [1.29, 1.82) is 0 Å². The maximum atomic E-state index is 5.44. The van der Waals surface area contributed by atoms with Crippen LogP contribution >= 0.6 is 24.0 Å². The van der Waals surface area contributed by atoms with E-state index in [1.807, 2.05) is 66.5 Å². The van der Waals surface area contributed by atoms with E-state index in [0.717, 1.165) is 34.4 Å². The summed E-state index contributed by atoms with van der Waals surface area (Å²) >= 11 is 0. The number of methoxy groups -OCH3 is 2. The first-order chi connectivity index (χ1) is 14.1. The molecule has 3 aromatic rings. The Labute approximate surface area is 194 Å². The molecule has 0 unspecified atom stereocenters. The molecule has 0 saturated carbocycles. The maximum Gasteiger partial charge on any atom is 0.194 e. The monoisotopic (exact) mass is 521 g/mol. The highest BCUT2D eigenvalue weighted by atomic mass is 127.